The van der Waals surface area contributed by atoms with Crippen molar-refractivity contribution in [3.63, 3.8) is 0 Å². The fraction of sp³-hybridized carbons (Fsp3) is 0.520. The van der Waals surface area contributed by atoms with Crippen LogP contribution in [0.15, 0.2) is 60.7 Å². The highest BCUT2D eigenvalue weighted by atomic mass is 16.3. The van der Waals surface area contributed by atoms with Crippen LogP contribution in [0, 0.1) is 5.41 Å². The number of benzene rings is 2. The number of hydrogen-bond donors (Lipinski definition) is 2. The van der Waals surface area contributed by atoms with E-state index in [1.54, 1.807) is 48.5 Å². The lowest BCUT2D eigenvalue weighted by molar-refractivity contribution is 0.469. The summed E-state index contributed by atoms with van der Waals surface area (Å²) in [4.78, 5) is 0. The lowest BCUT2D eigenvalue weighted by atomic mass is 10.0. The molecule has 0 aliphatic heterocycles. The van der Waals surface area contributed by atoms with Crippen molar-refractivity contribution >= 4 is 0 Å². The SMILES string of the molecule is CC.CC.CC.CC.CC(C)(C)C.Oc1ccccc1.Oc1ccccc1. The highest BCUT2D eigenvalue weighted by Crippen LogP contribution is 2.08. The van der Waals surface area contributed by atoms with Crippen molar-refractivity contribution in [2.24, 2.45) is 5.41 Å². The zero-order chi connectivity index (χ0) is 22.7. The van der Waals surface area contributed by atoms with Gasteiger partial charge in [-0.05, 0) is 29.7 Å². The molecular formula is C25H48O2. The van der Waals surface area contributed by atoms with Crippen molar-refractivity contribution in [3.8, 4) is 11.5 Å². The van der Waals surface area contributed by atoms with E-state index < -0.39 is 0 Å². The summed E-state index contributed by atoms with van der Waals surface area (Å²) < 4.78 is 0. The first-order valence-corrected chi connectivity index (χ1v) is 10.3. The molecule has 160 valence electrons. The van der Waals surface area contributed by atoms with Crippen molar-refractivity contribution in [2.75, 3.05) is 0 Å². The highest BCUT2D eigenvalue weighted by Gasteiger charge is 1.95. The molecule has 2 rings (SSSR count). The van der Waals surface area contributed by atoms with Crippen molar-refractivity contribution < 1.29 is 10.2 Å². The van der Waals surface area contributed by atoms with Gasteiger partial charge in [-0.15, -0.1) is 0 Å². The fourth-order valence-electron chi connectivity index (χ4n) is 0.856. The third-order valence-corrected chi connectivity index (χ3v) is 1.51. The van der Waals surface area contributed by atoms with Crippen molar-refractivity contribution in [1.82, 2.24) is 0 Å². The Morgan fingerprint density at radius 1 is 0.444 bits per heavy atom. The van der Waals surface area contributed by atoms with Gasteiger partial charge in [0.1, 0.15) is 11.5 Å². The fourth-order valence-corrected chi connectivity index (χ4v) is 0.856. The van der Waals surface area contributed by atoms with E-state index in [9.17, 15) is 0 Å². The second kappa shape index (κ2) is 31.8. The van der Waals surface area contributed by atoms with E-state index >= 15 is 0 Å². The first kappa shape index (κ1) is 36.0. The van der Waals surface area contributed by atoms with Gasteiger partial charge in [0.05, 0.1) is 0 Å². The largest absolute Gasteiger partial charge is 0.508 e. The molecule has 2 aromatic rings. The Morgan fingerprint density at radius 2 is 0.593 bits per heavy atom. The topological polar surface area (TPSA) is 40.5 Å². The van der Waals surface area contributed by atoms with Crippen LogP contribution in [0.25, 0.3) is 0 Å². The van der Waals surface area contributed by atoms with Crippen LogP contribution >= 0.6 is 0 Å². The lowest BCUT2D eigenvalue weighted by Gasteiger charge is -2.05. The highest BCUT2D eigenvalue weighted by molar-refractivity contribution is 5.19. The predicted octanol–water partition coefficient (Wildman–Crippen LogP) is 8.94. The summed E-state index contributed by atoms with van der Waals surface area (Å²) in [5, 5.41) is 17.3. The Morgan fingerprint density at radius 3 is 0.667 bits per heavy atom. The summed E-state index contributed by atoms with van der Waals surface area (Å²) in [5.41, 5.74) is 0.500. The van der Waals surface area contributed by atoms with E-state index in [0.29, 0.717) is 16.9 Å². The number of phenols is 2. The smallest absolute Gasteiger partial charge is 0.115 e. The van der Waals surface area contributed by atoms with Gasteiger partial charge in [0.25, 0.3) is 0 Å². The summed E-state index contributed by atoms with van der Waals surface area (Å²) >= 11 is 0. The maximum atomic E-state index is 8.63. The van der Waals surface area contributed by atoms with Gasteiger partial charge in [-0.2, -0.15) is 0 Å². The molecule has 0 unspecified atom stereocenters. The molecule has 0 radical (unpaired) electrons. The molecule has 2 heteroatoms. The molecule has 2 N–H and O–H groups in total. The zero-order valence-corrected chi connectivity index (χ0v) is 20.2. The molecule has 0 aliphatic rings. The molecule has 0 fully saturated rings. The second-order valence-corrected chi connectivity index (χ2v) is 5.67. The molecule has 0 saturated carbocycles. The second-order valence-electron chi connectivity index (χ2n) is 5.67. The minimum Gasteiger partial charge on any atom is -0.508 e. The third-order valence-electron chi connectivity index (χ3n) is 1.51. The van der Waals surface area contributed by atoms with E-state index in [1.165, 1.54) is 0 Å². The Bertz CT molecular complexity index is 374. The summed E-state index contributed by atoms with van der Waals surface area (Å²) in [6, 6.07) is 17.4. The maximum Gasteiger partial charge on any atom is 0.115 e. The van der Waals surface area contributed by atoms with Gasteiger partial charge in [0.2, 0.25) is 0 Å². The van der Waals surface area contributed by atoms with Crippen molar-refractivity contribution in [2.45, 2.75) is 83.1 Å². The van der Waals surface area contributed by atoms with Gasteiger partial charge in [-0.3, -0.25) is 0 Å². The Hall–Kier alpha value is -1.96. The lowest BCUT2D eigenvalue weighted by Crippen LogP contribution is -1.93. The predicted molar refractivity (Wildman–Crippen MR) is 127 cm³/mol. The molecular weight excluding hydrogens is 332 g/mol. The van der Waals surface area contributed by atoms with Gasteiger partial charge in [-0.25, -0.2) is 0 Å². The van der Waals surface area contributed by atoms with Crippen molar-refractivity contribution in [1.29, 1.82) is 0 Å². The number of rotatable bonds is 0. The molecule has 0 aromatic heterocycles. The summed E-state index contributed by atoms with van der Waals surface area (Å²) in [6.45, 7) is 24.8. The molecule has 0 amide bonds. The first-order chi connectivity index (χ1) is 12.8. The molecule has 27 heavy (non-hydrogen) atoms. The van der Waals surface area contributed by atoms with Crippen LogP contribution in [0.2, 0.25) is 0 Å². The van der Waals surface area contributed by atoms with Gasteiger partial charge in [0, 0.05) is 0 Å². The molecule has 0 bridgehead atoms. The Kier molecular flexibility index (Phi) is 42.4. The minimum absolute atomic E-state index is 0.322. The summed E-state index contributed by atoms with van der Waals surface area (Å²) in [6.07, 6.45) is 0. The standard InChI is InChI=1S/2C6H6O.C5H12.4C2H6/c2*7-6-4-2-1-3-5-6;1-5(2,3)4;4*1-2/h2*1-5,7H;1-4H3;4*1-2H3. The first-order valence-electron chi connectivity index (χ1n) is 10.3. The summed E-state index contributed by atoms with van der Waals surface area (Å²) in [7, 11) is 0. The number of hydrogen-bond acceptors (Lipinski definition) is 2. The van der Waals surface area contributed by atoms with E-state index in [1.807, 2.05) is 67.5 Å². The van der Waals surface area contributed by atoms with Crippen molar-refractivity contribution in [3.05, 3.63) is 60.7 Å². The maximum absolute atomic E-state index is 8.63. The van der Waals surface area contributed by atoms with Crippen LogP contribution in [0.3, 0.4) is 0 Å². The van der Waals surface area contributed by atoms with Gasteiger partial charge in [-0.1, -0.05) is 119 Å². The van der Waals surface area contributed by atoms with Gasteiger partial charge >= 0.3 is 0 Å². The minimum atomic E-state index is 0.322. The number of phenolic OH excluding ortho intramolecular Hbond substituents is 2. The summed E-state index contributed by atoms with van der Waals surface area (Å²) in [5.74, 6) is 0.644. The molecule has 0 heterocycles. The average molecular weight is 381 g/mol. The quantitative estimate of drug-likeness (QED) is 0.479. The molecule has 2 aromatic carbocycles. The van der Waals surface area contributed by atoms with Crippen LogP contribution in [0.5, 0.6) is 11.5 Å². The van der Waals surface area contributed by atoms with Crippen LogP contribution < -0.4 is 0 Å². The zero-order valence-electron chi connectivity index (χ0n) is 20.2. The van der Waals surface area contributed by atoms with Gasteiger partial charge in [0.15, 0.2) is 0 Å². The van der Waals surface area contributed by atoms with Gasteiger partial charge < -0.3 is 10.2 Å². The van der Waals surface area contributed by atoms with E-state index in [2.05, 4.69) is 27.7 Å². The average Bonchev–Trinajstić information content (AvgIpc) is 2.69. The van der Waals surface area contributed by atoms with Crippen LogP contribution in [-0.4, -0.2) is 10.2 Å². The van der Waals surface area contributed by atoms with E-state index in [-0.39, 0.29) is 0 Å². The monoisotopic (exact) mass is 380 g/mol. The Balaban J connectivity index is -0.0000000764. The molecule has 0 saturated heterocycles. The molecule has 0 atom stereocenters. The third kappa shape index (κ3) is 59.2. The molecule has 2 nitrogen and oxygen atoms in total. The van der Waals surface area contributed by atoms with Crippen LogP contribution in [0.4, 0.5) is 0 Å². The molecule has 0 aliphatic carbocycles. The van der Waals surface area contributed by atoms with E-state index in [4.69, 9.17) is 10.2 Å². The van der Waals surface area contributed by atoms with E-state index in [0.717, 1.165) is 0 Å². The van der Waals surface area contributed by atoms with Crippen LogP contribution in [-0.2, 0) is 0 Å². The number of aromatic hydroxyl groups is 2. The van der Waals surface area contributed by atoms with Crippen LogP contribution in [0.1, 0.15) is 83.1 Å². The molecule has 0 spiro atoms. The number of para-hydroxylation sites is 2. The normalized spacial score (nSPS) is 7.56. The Labute approximate surface area is 171 Å².